The molecule has 0 saturated carbocycles. The maximum atomic E-state index is 11.9. The van der Waals surface area contributed by atoms with Crippen LogP contribution >= 0.6 is 11.8 Å². The second-order valence-electron chi connectivity index (χ2n) is 4.42. The summed E-state index contributed by atoms with van der Waals surface area (Å²) in [6.45, 7) is 4.34. The van der Waals surface area contributed by atoms with Crippen molar-refractivity contribution in [2.24, 2.45) is 0 Å². The van der Waals surface area contributed by atoms with E-state index in [2.05, 4.69) is 13.8 Å². The Kier molecular flexibility index (Phi) is 5.00. The van der Waals surface area contributed by atoms with Crippen LogP contribution in [0.4, 0.5) is 0 Å². The Balaban J connectivity index is 2.20. The molecule has 1 nitrogen and oxygen atoms in total. The SMILES string of the molecule is CCCCCCC(=O)C1(C)CCCS1. The van der Waals surface area contributed by atoms with Crippen molar-refractivity contribution in [2.45, 2.75) is 63.5 Å². The fourth-order valence-electron chi connectivity index (χ4n) is 1.98. The first-order valence-corrected chi connectivity index (χ1v) is 6.85. The monoisotopic (exact) mass is 214 g/mol. The number of hydrogen-bond donors (Lipinski definition) is 0. The molecule has 0 spiro atoms. The fourth-order valence-corrected chi connectivity index (χ4v) is 3.27. The van der Waals surface area contributed by atoms with Gasteiger partial charge in [0.1, 0.15) is 5.78 Å². The number of carbonyl (C=O) groups is 1. The van der Waals surface area contributed by atoms with Gasteiger partial charge < -0.3 is 0 Å². The van der Waals surface area contributed by atoms with Gasteiger partial charge in [-0.3, -0.25) is 4.79 Å². The second-order valence-corrected chi connectivity index (χ2v) is 6.01. The van der Waals surface area contributed by atoms with Crippen molar-refractivity contribution >= 4 is 17.5 Å². The molecule has 0 amide bonds. The van der Waals surface area contributed by atoms with E-state index in [4.69, 9.17) is 0 Å². The first-order valence-electron chi connectivity index (χ1n) is 5.86. The van der Waals surface area contributed by atoms with Crippen molar-refractivity contribution in [3.05, 3.63) is 0 Å². The molecule has 1 unspecified atom stereocenters. The summed E-state index contributed by atoms with van der Waals surface area (Å²) in [5.41, 5.74) is 0. The smallest absolute Gasteiger partial charge is 0.148 e. The molecule has 1 atom stereocenters. The lowest BCUT2D eigenvalue weighted by atomic mass is 9.96. The third-order valence-corrected chi connectivity index (χ3v) is 4.63. The highest BCUT2D eigenvalue weighted by Crippen LogP contribution is 2.39. The first kappa shape index (κ1) is 12.1. The van der Waals surface area contributed by atoms with Crippen molar-refractivity contribution in [1.29, 1.82) is 0 Å². The molecule has 1 aliphatic rings. The molecule has 0 bridgehead atoms. The molecule has 1 fully saturated rings. The number of thioether (sulfide) groups is 1. The van der Waals surface area contributed by atoms with Crippen LogP contribution in [0.3, 0.4) is 0 Å². The molecule has 82 valence electrons. The molecule has 0 aromatic carbocycles. The second kappa shape index (κ2) is 5.79. The van der Waals surface area contributed by atoms with Crippen LogP contribution in [0.25, 0.3) is 0 Å². The lowest BCUT2D eigenvalue weighted by molar-refractivity contribution is -0.121. The van der Waals surface area contributed by atoms with Gasteiger partial charge in [-0.2, -0.15) is 0 Å². The van der Waals surface area contributed by atoms with Crippen LogP contribution in [0.5, 0.6) is 0 Å². The van der Waals surface area contributed by atoms with Crippen LogP contribution in [0.2, 0.25) is 0 Å². The van der Waals surface area contributed by atoms with Crippen LogP contribution in [0.15, 0.2) is 0 Å². The molecule has 0 radical (unpaired) electrons. The summed E-state index contributed by atoms with van der Waals surface area (Å²) in [6, 6.07) is 0. The van der Waals surface area contributed by atoms with Gasteiger partial charge in [-0.25, -0.2) is 0 Å². The highest BCUT2D eigenvalue weighted by Gasteiger charge is 2.35. The van der Waals surface area contributed by atoms with E-state index in [-0.39, 0.29) is 4.75 Å². The van der Waals surface area contributed by atoms with Crippen LogP contribution in [-0.4, -0.2) is 16.3 Å². The van der Waals surface area contributed by atoms with Crippen molar-refractivity contribution in [3.63, 3.8) is 0 Å². The molecule has 0 N–H and O–H groups in total. The minimum absolute atomic E-state index is 0.0216. The first-order chi connectivity index (χ1) is 6.69. The van der Waals surface area contributed by atoms with Gasteiger partial charge in [0.2, 0.25) is 0 Å². The summed E-state index contributed by atoms with van der Waals surface area (Å²) in [7, 11) is 0. The van der Waals surface area contributed by atoms with Crippen LogP contribution in [0.1, 0.15) is 58.8 Å². The van der Waals surface area contributed by atoms with E-state index in [0.717, 1.165) is 19.3 Å². The van der Waals surface area contributed by atoms with E-state index in [0.29, 0.717) is 5.78 Å². The molecule has 1 heterocycles. The highest BCUT2D eigenvalue weighted by atomic mass is 32.2. The van der Waals surface area contributed by atoms with Gasteiger partial charge in [-0.05, 0) is 31.9 Å². The zero-order valence-electron chi connectivity index (χ0n) is 9.47. The Morgan fingerprint density at radius 3 is 2.71 bits per heavy atom. The summed E-state index contributed by atoms with van der Waals surface area (Å²) >= 11 is 1.87. The van der Waals surface area contributed by atoms with Crippen molar-refractivity contribution in [2.75, 3.05) is 5.75 Å². The van der Waals surface area contributed by atoms with Gasteiger partial charge in [0.25, 0.3) is 0 Å². The van der Waals surface area contributed by atoms with Gasteiger partial charge >= 0.3 is 0 Å². The van der Waals surface area contributed by atoms with E-state index in [9.17, 15) is 4.79 Å². The van der Waals surface area contributed by atoms with E-state index >= 15 is 0 Å². The Morgan fingerprint density at radius 1 is 1.36 bits per heavy atom. The maximum Gasteiger partial charge on any atom is 0.148 e. The summed E-state index contributed by atoms with van der Waals surface area (Å²) in [5.74, 6) is 1.67. The van der Waals surface area contributed by atoms with Gasteiger partial charge in [-0.15, -0.1) is 11.8 Å². The zero-order chi connectivity index (χ0) is 10.4. The minimum Gasteiger partial charge on any atom is -0.298 e. The molecular weight excluding hydrogens is 192 g/mol. The average Bonchev–Trinajstić information content (AvgIpc) is 2.61. The number of unbranched alkanes of at least 4 members (excludes halogenated alkanes) is 3. The van der Waals surface area contributed by atoms with Crippen molar-refractivity contribution in [1.82, 2.24) is 0 Å². The summed E-state index contributed by atoms with van der Waals surface area (Å²) in [4.78, 5) is 11.9. The molecule has 1 saturated heterocycles. The van der Waals surface area contributed by atoms with Gasteiger partial charge in [-0.1, -0.05) is 26.2 Å². The molecule has 0 aromatic heterocycles. The number of hydrogen-bond acceptors (Lipinski definition) is 2. The number of Topliss-reactive ketones (excluding diaryl/α,β-unsaturated/α-hetero) is 1. The van der Waals surface area contributed by atoms with Gasteiger partial charge in [0.15, 0.2) is 0 Å². The van der Waals surface area contributed by atoms with E-state index < -0.39 is 0 Å². The Hall–Kier alpha value is 0.0200. The van der Waals surface area contributed by atoms with E-state index in [1.807, 2.05) is 11.8 Å². The Labute approximate surface area is 92.0 Å². The summed E-state index contributed by atoms with van der Waals surface area (Å²) in [5, 5.41) is 0. The van der Waals surface area contributed by atoms with Gasteiger partial charge in [0, 0.05) is 6.42 Å². The lowest BCUT2D eigenvalue weighted by Crippen LogP contribution is -2.28. The Bertz CT molecular complexity index is 183. The molecule has 1 rings (SSSR count). The van der Waals surface area contributed by atoms with Crippen LogP contribution < -0.4 is 0 Å². The molecule has 2 heteroatoms. The highest BCUT2D eigenvalue weighted by molar-refractivity contribution is 8.01. The minimum atomic E-state index is -0.0216. The standard InChI is InChI=1S/C12H22OS/c1-3-4-5-6-8-11(13)12(2)9-7-10-14-12/h3-10H2,1-2H3. The topological polar surface area (TPSA) is 17.1 Å². The van der Waals surface area contributed by atoms with Crippen LogP contribution in [-0.2, 0) is 4.79 Å². The maximum absolute atomic E-state index is 11.9. The van der Waals surface area contributed by atoms with Gasteiger partial charge in [0.05, 0.1) is 4.75 Å². The fraction of sp³-hybridized carbons (Fsp3) is 0.917. The lowest BCUT2D eigenvalue weighted by Gasteiger charge is -2.20. The predicted octanol–water partition coefficient (Wildman–Crippen LogP) is 3.81. The van der Waals surface area contributed by atoms with E-state index in [1.54, 1.807) is 0 Å². The zero-order valence-corrected chi connectivity index (χ0v) is 10.3. The molecule has 0 aromatic rings. The summed E-state index contributed by atoms with van der Waals surface area (Å²) < 4.78 is -0.0216. The quantitative estimate of drug-likeness (QED) is 0.625. The number of ketones is 1. The summed E-state index contributed by atoms with van der Waals surface area (Å²) in [6.07, 6.45) is 7.98. The molecule has 1 aliphatic heterocycles. The largest absolute Gasteiger partial charge is 0.298 e. The number of rotatable bonds is 6. The van der Waals surface area contributed by atoms with Crippen molar-refractivity contribution < 1.29 is 4.79 Å². The average molecular weight is 214 g/mol. The molecule has 0 aliphatic carbocycles. The molecular formula is C12H22OS. The predicted molar refractivity (Wildman–Crippen MR) is 63.9 cm³/mol. The Morgan fingerprint density at radius 2 is 2.14 bits per heavy atom. The van der Waals surface area contributed by atoms with Crippen molar-refractivity contribution in [3.8, 4) is 0 Å². The number of carbonyl (C=O) groups excluding carboxylic acids is 1. The normalized spacial score (nSPS) is 26.7. The van der Waals surface area contributed by atoms with Crippen LogP contribution in [0, 0.1) is 0 Å². The third kappa shape index (κ3) is 3.30. The van der Waals surface area contributed by atoms with E-state index in [1.165, 1.54) is 31.4 Å². The molecule has 14 heavy (non-hydrogen) atoms. The third-order valence-electron chi connectivity index (χ3n) is 3.07.